The first-order valence-electron chi connectivity index (χ1n) is 9.56. The van der Waals surface area contributed by atoms with Crippen LogP contribution in [0, 0.1) is 6.92 Å². The molecule has 2 aromatic carbocycles. The predicted molar refractivity (Wildman–Crippen MR) is 116 cm³/mol. The van der Waals surface area contributed by atoms with Crippen LogP contribution >= 0.6 is 11.6 Å². The zero-order valence-corrected chi connectivity index (χ0v) is 17.3. The molecule has 0 fully saturated rings. The van der Waals surface area contributed by atoms with E-state index in [1.54, 1.807) is 7.11 Å². The molecule has 0 aliphatic carbocycles. The van der Waals surface area contributed by atoms with Gasteiger partial charge in [0.05, 0.1) is 7.11 Å². The lowest BCUT2D eigenvalue weighted by Gasteiger charge is -2.13. The molecular formula is C23H26ClN3O. The van der Waals surface area contributed by atoms with E-state index < -0.39 is 0 Å². The lowest BCUT2D eigenvalue weighted by Crippen LogP contribution is -2.04. The first kappa shape index (κ1) is 20.2. The van der Waals surface area contributed by atoms with E-state index in [2.05, 4.69) is 52.5 Å². The maximum atomic E-state index is 6.21. The number of aryl methyl sites for hydroxylation is 1. The second-order valence-corrected chi connectivity index (χ2v) is 7.37. The van der Waals surface area contributed by atoms with Crippen LogP contribution in [0.1, 0.15) is 42.5 Å². The SMILES string of the molecule is COc1cc(CCCC(C)c2ccccc2)nc(Nc2cccc(Cl)c2C)n1. The fraction of sp³-hybridized carbons (Fsp3) is 0.304. The Bertz CT molecular complexity index is 915. The van der Waals surface area contributed by atoms with Crippen molar-refractivity contribution in [2.24, 2.45) is 0 Å². The van der Waals surface area contributed by atoms with Gasteiger partial charge in [0.2, 0.25) is 11.8 Å². The van der Waals surface area contributed by atoms with Gasteiger partial charge in [-0.1, -0.05) is 54.9 Å². The summed E-state index contributed by atoms with van der Waals surface area (Å²) in [7, 11) is 1.62. The second-order valence-electron chi connectivity index (χ2n) is 6.97. The van der Waals surface area contributed by atoms with Crippen molar-refractivity contribution < 1.29 is 4.74 Å². The Kier molecular flexibility index (Phi) is 6.88. The van der Waals surface area contributed by atoms with E-state index in [1.807, 2.05) is 31.2 Å². The van der Waals surface area contributed by atoms with Crippen LogP contribution in [-0.2, 0) is 6.42 Å². The number of aromatic nitrogens is 2. The highest BCUT2D eigenvalue weighted by Crippen LogP contribution is 2.26. The zero-order valence-electron chi connectivity index (χ0n) is 16.6. The number of nitrogens with one attached hydrogen (secondary N) is 1. The summed E-state index contributed by atoms with van der Waals surface area (Å²) in [5, 5.41) is 3.98. The Morgan fingerprint density at radius 2 is 1.86 bits per heavy atom. The monoisotopic (exact) mass is 395 g/mol. The first-order valence-corrected chi connectivity index (χ1v) is 9.93. The lowest BCUT2D eigenvalue weighted by atomic mass is 9.95. The predicted octanol–water partition coefficient (Wildman–Crippen LogP) is 6.32. The quantitative estimate of drug-likeness (QED) is 0.485. The van der Waals surface area contributed by atoms with Crippen molar-refractivity contribution in [3.05, 3.63) is 76.4 Å². The number of nitrogens with zero attached hydrogens (tertiary/aromatic N) is 2. The van der Waals surface area contributed by atoms with Gasteiger partial charge < -0.3 is 10.1 Å². The molecule has 28 heavy (non-hydrogen) atoms. The number of anilines is 2. The van der Waals surface area contributed by atoms with Crippen LogP contribution in [0.15, 0.2) is 54.6 Å². The summed E-state index contributed by atoms with van der Waals surface area (Å²) in [5.41, 5.74) is 4.20. The van der Waals surface area contributed by atoms with Crippen molar-refractivity contribution in [1.82, 2.24) is 9.97 Å². The number of ether oxygens (including phenoxy) is 1. The minimum atomic E-state index is 0.524. The fourth-order valence-corrected chi connectivity index (χ4v) is 3.34. The molecule has 3 aromatic rings. The molecule has 0 bridgehead atoms. The minimum absolute atomic E-state index is 0.524. The molecule has 0 aliphatic rings. The molecule has 1 aromatic heterocycles. The Hall–Kier alpha value is -2.59. The van der Waals surface area contributed by atoms with Crippen LogP contribution < -0.4 is 10.1 Å². The Labute approximate surface area is 172 Å². The third-order valence-electron chi connectivity index (χ3n) is 4.92. The van der Waals surface area contributed by atoms with Gasteiger partial charge >= 0.3 is 0 Å². The third kappa shape index (κ3) is 5.23. The molecular weight excluding hydrogens is 370 g/mol. The number of rotatable bonds is 8. The van der Waals surface area contributed by atoms with Gasteiger partial charge in [0.25, 0.3) is 0 Å². The van der Waals surface area contributed by atoms with E-state index >= 15 is 0 Å². The molecule has 3 rings (SSSR count). The topological polar surface area (TPSA) is 47.0 Å². The number of hydrogen-bond donors (Lipinski definition) is 1. The fourth-order valence-electron chi connectivity index (χ4n) is 3.16. The van der Waals surface area contributed by atoms with Gasteiger partial charge in [-0.2, -0.15) is 4.98 Å². The van der Waals surface area contributed by atoms with E-state index in [0.29, 0.717) is 22.8 Å². The molecule has 0 amide bonds. The van der Waals surface area contributed by atoms with Crippen LogP contribution in [0.25, 0.3) is 0 Å². The average molecular weight is 396 g/mol. The van der Waals surface area contributed by atoms with E-state index in [9.17, 15) is 0 Å². The lowest BCUT2D eigenvalue weighted by molar-refractivity contribution is 0.396. The number of methoxy groups -OCH3 is 1. The van der Waals surface area contributed by atoms with Crippen LogP contribution in [0.4, 0.5) is 11.6 Å². The molecule has 5 heteroatoms. The van der Waals surface area contributed by atoms with Crippen LogP contribution in [-0.4, -0.2) is 17.1 Å². The van der Waals surface area contributed by atoms with E-state index in [-0.39, 0.29) is 0 Å². The van der Waals surface area contributed by atoms with Gasteiger partial charge in [0.15, 0.2) is 0 Å². The van der Waals surface area contributed by atoms with Crippen LogP contribution in [0.5, 0.6) is 5.88 Å². The summed E-state index contributed by atoms with van der Waals surface area (Å²) in [6, 6.07) is 18.3. The molecule has 146 valence electrons. The zero-order chi connectivity index (χ0) is 19.9. The van der Waals surface area contributed by atoms with Gasteiger partial charge in [-0.25, -0.2) is 4.98 Å². The van der Waals surface area contributed by atoms with E-state index in [4.69, 9.17) is 16.3 Å². The van der Waals surface area contributed by atoms with Crippen LogP contribution in [0.3, 0.4) is 0 Å². The van der Waals surface area contributed by atoms with Crippen molar-refractivity contribution in [3.63, 3.8) is 0 Å². The first-order chi connectivity index (χ1) is 13.6. The van der Waals surface area contributed by atoms with Crippen LogP contribution in [0.2, 0.25) is 5.02 Å². The summed E-state index contributed by atoms with van der Waals surface area (Å²) >= 11 is 6.21. The summed E-state index contributed by atoms with van der Waals surface area (Å²) in [6.45, 7) is 4.24. The van der Waals surface area contributed by atoms with Gasteiger partial charge in [-0.05, 0) is 55.4 Å². The van der Waals surface area contributed by atoms with Gasteiger partial charge in [-0.15, -0.1) is 0 Å². The van der Waals surface area contributed by atoms with E-state index in [1.165, 1.54) is 5.56 Å². The molecule has 4 nitrogen and oxygen atoms in total. The van der Waals surface area contributed by atoms with Crippen molar-refractivity contribution in [1.29, 1.82) is 0 Å². The molecule has 0 aliphatic heterocycles. The Balaban J connectivity index is 1.68. The summed E-state index contributed by atoms with van der Waals surface area (Å²) in [6.07, 6.45) is 3.03. The molecule has 0 radical (unpaired) electrons. The average Bonchev–Trinajstić information content (AvgIpc) is 2.72. The third-order valence-corrected chi connectivity index (χ3v) is 5.33. The number of hydrogen-bond acceptors (Lipinski definition) is 4. The number of halogens is 1. The van der Waals surface area contributed by atoms with Crippen molar-refractivity contribution in [2.75, 3.05) is 12.4 Å². The largest absolute Gasteiger partial charge is 0.481 e. The summed E-state index contributed by atoms with van der Waals surface area (Å²) in [5.74, 6) is 1.61. The van der Waals surface area contributed by atoms with Crippen molar-refractivity contribution >= 4 is 23.2 Å². The maximum Gasteiger partial charge on any atom is 0.230 e. The Morgan fingerprint density at radius 1 is 1.07 bits per heavy atom. The molecule has 1 heterocycles. The molecule has 1 atom stereocenters. The van der Waals surface area contributed by atoms with Gasteiger partial charge in [0.1, 0.15) is 0 Å². The second kappa shape index (κ2) is 9.56. The van der Waals surface area contributed by atoms with Gasteiger partial charge in [-0.3, -0.25) is 0 Å². The molecule has 1 unspecified atom stereocenters. The summed E-state index contributed by atoms with van der Waals surface area (Å²) < 4.78 is 5.37. The van der Waals surface area contributed by atoms with Crippen molar-refractivity contribution in [3.8, 4) is 5.88 Å². The smallest absolute Gasteiger partial charge is 0.230 e. The minimum Gasteiger partial charge on any atom is -0.481 e. The molecule has 0 spiro atoms. The van der Waals surface area contributed by atoms with Crippen molar-refractivity contribution in [2.45, 2.75) is 39.0 Å². The highest BCUT2D eigenvalue weighted by atomic mass is 35.5. The number of benzene rings is 2. The molecule has 0 saturated heterocycles. The highest BCUT2D eigenvalue weighted by Gasteiger charge is 2.10. The Morgan fingerprint density at radius 3 is 2.61 bits per heavy atom. The standard InChI is InChI=1S/C23H26ClN3O/c1-16(18-10-5-4-6-11-18)9-7-12-19-15-22(28-3)27-23(25-19)26-21-14-8-13-20(24)17(21)2/h4-6,8,10-11,13-16H,7,9,12H2,1-3H3,(H,25,26,27). The van der Waals surface area contributed by atoms with E-state index in [0.717, 1.165) is 36.2 Å². The molecule has 1 N–H and O–H groups in total. The highest BCUT2D eigenvalue weighted by molar-refractivity contribution is 6.31. The normalized spacial score (nSPS) is 11.9. The summed E-state index contributed by atoms with van der Waals surface area (Å²) in [4.78, 5) is 9.09. The molecule has 0 saturated carbocycles. The van der Waals surface area contributed by atoms with Gasteiger partial charge in [0, 0.05) is 22.5 Å². The maximum absolute atomic E-state index is 6.21.